The maximum atomic E-state index is 11.5. The number of halogens is 1. The van der Waals surface area contributed by atoms with E-state index < -0.39 is 0 Å². The average Bonchev–Trinajstić information content (AvgIpc) is 2.61. The Kier molecular flexibility index (Phi) is 2.74. The van der Waals surface area contributed by atoms with E-state index in [4.69, 9.17) is 11.6 Å². The molecular weight excluding hydrogens is 220 g/mol. The Bertz CT molecular complexity index is 373. The van der Waals surface area contributed by atoms with Crippen LogP contribution >= 0.6 is 23.4 Å². The quantitative estimate of drug-likeness (QED) is 0.680. The first-order valence-corrected chi connectivity index (χ1v) is 5.74. The second-order valence-electron chi connectivity index (χ2n) is 3.02. The van der Waals surface area contributed by atoms with E-state index >= 15 is 0 Å². The fourth-order valence-corrected chi connectivity index (χ4v) is 2.54. The summed E-state index contributed by atoms with van der Waals surface area (Å²) in [5, 5.41) is 0.831. The third-order valence-electron chi connectivity index (χ3n) is 2.07. The number of amides is 1. The molecule has 14 heavy (non-hydrogen) atoms. The summed E-state index contributed by atoms with van der Waals surface area (Å²) >= 11 is 7.16. The molecule has 1 amide bonds. The minimum Gasteiger partial charge on any atom is -0.271 e. The highest BCUT2D eigenvalue weighted by Crippen LogP contribution is 2.36. The maximum absolute atomic E-state index is 11.5. The van der Waals surface area contributed by atoms with Gasteiger partial charge in [-0.2, -0.15) is 4.99 Å². The van der Waals surface area contributed by atoms with E-state index in [0.717, 1.165) is 11.5 Å². The number of allylic oxidation sites excluding steroid dienone is 1. The molecule has 0 N–H and O–H groups in total. The van der Waals surface area contributed by atoms with Crippen molar-refractivity contribution in [2.75, 3.05) is 5.88 Å². The minimum absolute atomic E-state index is 0.137. The highest BCUT2D eigenvalue weighted by atomic mass is 35.5. The summed E-state index contributed by atoms with van der Waals surface area (Å²) in [5.74, 6) is 0.258. The fraction of sp³-hybridized carbons (Fsp3) is 0.444. The van der Waals surface area contributed by atoms with Crippen LogP contribution in [0.5, 0.6) is 0 Å². The largest absolute Gasteiger partial charge is 0.271 e. The standard InChI is InChI=1S/C9H9ClN2OS/c1-2-5-3-6-8(13)11-7(4-10)12-9(6)14-5/h3,6H,2,4H2,1H3. The molecule has 0 saturated heterocycles. The molecule has 2 aliphatic heterocycles. The first-order valence-electron chi connectivity index (χ1n) is 4.39. The summed E-state index contributed by atoms with van der Waals surface area (Å²) in [7, 11) is 0. The van der Waals surface area contributed by atoms with Gasteiger partial charge in [-0.05, 0) is 11.3 Å². The Morgan fingerprint density at radius 2 is 2.36 bits per heavy atom. The van der Waals surface area contributed by atoms with Gasteiger partial charge >= 0.3 is 0 Å². The number of nitrogens with zero attached hydrogens (tertiary/aromatic N) is 2. The van der Waals surface area contributed by atoms with Gasteiger partial charge in [-0.15, -0.1) is 11.6 Å². The number of hydrogen-bond donors (Lipinski definition) is 0. The molecule has 0 aromatic heterocycles. The van der Waals surface area contributed by atoms with E-state index in [0.29, 0.717) is 5.84 Å². The molecule has 0 radical (unpaired) electrons. The first-order chi connectivity index (χ1) is 6.74. The van der Waals surface area contributed by atoms with Crippen molar-refractivity contribution >= 4 is 40.1 Å². The normalized spacial score (nSPS) is 25.4. The van der Waals surface area contributed by atoms with Gasteiger partial charge in [0.25, 0.3) is 5.91 Å². The molecule has 0 fully saturated rings. The molecule has 0 bridgehead atoms. The molecule has 1 atom stereocenters. The van der Waals surface area contributed by atoms with Crippen LogP contribution in [0.4, 0.5) is 0 Å². The molecule has 1 unspecified atom stereocenters. The van der Waals surface area contributed by atoms with Crippen molar-refractivity contribution in [3.8, 4) is 0 Å². The van der Waals surface area contributed by atoms with Gasteiger partial charge < -0.3 is 0 Å². The van der Waals surface area contributed by atoms with Crippen LogP contribution < -0.4 is 0 Å². The van der Waals surface area contributed by atoms with Gasteiger partial charge in [0.15, 0.2) is 0 Å². The summed E-state index contributed by atoms with van der Waals surface area (Å²) in [5.41, 5.74) is 0. The smallest absolute Gasteiger partial charge is 0.261 e. The predicted molar refractivity (Wildman–Crippen MR) is 60.1 cm³/mol. The Morgan fingerprint density at radius 1 is 1.57 bits per heavy atom. The van der Waals surface area contributed by atoms with Crippen LogP contribution in [-0.2, 0) is 4.79 Å². The zero-order valence-electron chi connectivity index (χ0n) is 7.66. The van der Waals surface area contributed by atoms with Crippen molar-refractivity contribution in [2.45, 2.75) is 13.3 Å². The molecule has 0 saturated carbocycles. The van der Waals surface area contributed by atoms with Crippen LogP contribution in [0.3, 0.4) is 0 Å². The molecule has 0 aromatic rings. The number of aliphatic imine (C=N–C) groups is 2. The number of carbonyl (C=O) groups excluding carboxylic acids is 1. The van der Waals surface area contributed by atoms with E-state index in [1.54, 1.807) is 11.8 Å². The van der Waals surface area contributed by atoms with E-state index in [9.17, 15) is 4.79 Å². The second kappa shape index (κ2) is 3.87. The number of fused-ring (bicyclic) bond motifs is 1. The van der Waals surface area contributed by atoms with E-state index in [1.165, 1.54) is 4.91 Å². The molecule has 0 aliphatic carbocycles. The second-order valence-corrected chi connectivity index (χ2v) is 4.43. The van der Waals surface area contributed by atoms with Gasteiger partial charge in [-0.1, -0.05) is 24.8 Å². The maximum Gasteiger partial charge on any atom is 0.261 e. The van der Waals surface area contributed by atoms with Crippen LogP contribution in [-0.4, -0.2) is 22.7 Å². The monoisotopic (exact) mass is 228 g/mol. The van der Waals surface area contributed by atoms with Crippen molar-refractivity contribution in [3.63, 3.8) is 0 Å². The van der Waals surface area contributed by atoms with E-state index in [1.807, 2.05) is 6.08 Å². The minimum atomic E-state index is -0.234. The molecule has 74 valence electrons. The number of hydrogen-bond acceptors (Lipinski definition) is 3. The molecule has 0 aromatic carbocycles. The topological polar surface area (TPSA) is 41.8 Å². The van der Waals surface area contributed by atoms with Crippen molar-refractivity contribution in [1.29, 1.82) is 0 Å². The Balaban J connectivity index is 2.28. The summed E-state index contributed by atoms with van der Waals surface area (Å²) in [4.78, 5) is 20.8. The first kappa shape index (κ1) is 9.93. The lowest BCUT2D eigenvalue weighted by Crippen LogP contribution is -2.23. The number of amidine groups is 1. The number of rotatable bonds is 2. The lowest BCUT2D eigenvalue weighted by atomic mass is 10.1. The molecular formula is C9H9ClN2OS. The van der Waals surface area contributed by atoms with Gasteiger partial charge in [0.1, 0.15) is 11.8 Å². The van der Waals surface area contributed by atoms with Crippen molar-refractivity contribution in [2.24, 2.45) is 15.9 Å². The van der Waals surface area contributed by atoms with Crippen molar-refractivity contribution in [3.05, 3.63) is 11.0 Å². The van der Waals surface area contributed by atoms with Gasteiger partial charge in [-0.3, -0.25) is 4.79 Å². The molecule has 2 heterocycles. The van der Waals surface area contributed by atoms with E-state index in [2.05, 4.69) is 16.9 Å². The molecule has 2 rings (SSSR count). The molecule has 3 nitrogen and oxygen atoms in total. The predicted octanol–water partition coefficient (Wildman–Crippen LogP) is 2.22. The Labute approximate surface area is 91.3 Å². The number of thioether (sulfide) groups is 1. The lowest BCUT2D eigenvalue weighted by molar-refractivity contribution is -0.118. The van der Waals surface area contributed by atoms with E-state index in [-0.39, 0.29) is 17.7 Å². The molecule has 2 aliphatic rings. The zero-order valence-corrected chi connectivity index (χ0v) is 9.23. The third kappa shape index (κ3) is 1.64. The van der Waals surface area contributed by atoms with Gasteiger partial charge in [-0.25, -0.2) is 4.99 Å². The Hall–Kier alpha value is -0.610. The van der Waals surface area contributed by atoms with Crippen LogP contribution in [0.25, 0.3) is 0 Å². The molecule has 0 spiro atoms. The van der Waals surface area contributed by atoms with Gasteiger partial charge in [0, 0.05) is 0 Å². The van der Waals surface area contributed by atoms with Crippen LogP contribution in [0.1, 0.15) is 13.3 Å². The zero-order chi connectivity index (χ0) is 10.1. The number of alkyl halides is 1. The van der Waals surface area contributed by atoms with Gasteiger partial charge in [0.2, 0.25) is 0 Å². The van der Waals surface area contributed by atoms with Gasteiger partial charge in [0.05, 0.1) is 10.9 Å². The van der Waals surface area contributed by atoms with Crippen LogP contribution in [0.15, 0.2) is 21.0 Å². The number of carbonyl (C=O) groups is 1. The highest BCUT2D eigenvalue weighted by molar-refractivity contribution is 8.17. The summed E-state index contributed by atoms with van der Waals surface area (Å²) in [6, 6.07) is 0. The summed E-state index contributed by atoms with van der Waals surface area (Å²) in [6.07, 6.45) is 2.88. The molecule has 5 heteroatoms. The van der Waals surface area contributed by atoms with Crippen LogP contribution in [0.2, 0.25) is 0 Å². The SMILES string of the molecule is CCC1=CC2C(=O)N=C(CCl)N=C2S1. The van der Waals surface area contributed by atoms with Crippen molar-refractivity contribution < 1.29 is 4.79 Å². The highest BCUT2D eigenvalue weighted by Gasteiger charge is 2.32. The lowest BCUT2D eigenvalue weighted by Gasteiger charge is -2.10. The average molecular weight is 229 g/mol. The fourth-order valence-electron chi connectivity index (χ4n) is 1.36. The summed E-state index contributed by atoms with van der Waals surface area (Å²) in [6.45, 7) is 2.06. The van der Waals surface area contributed by atoms with Crippen molar-refractivity contribution in [1.82, 2.24) is 0 Å². The third-order valence-corrected chi connectivity index (χ3v) is 3.55. The van der Waals surface area contributed by atoms with Crippen LogP contribution in [0, 0.1) is 5.92 Å². The summed E-state index contributed by atoms with van der Waals surface area (Å²) < 4.78 is 0. The Morgan fingerprint density at radius 3 is 3.00 bits per heavy atom.